The number of thiophene rings is 1. The van der Waals surface area contributed by atoms with Crippen LogP contribution in [0.4, 0.5) is 4.39 Å². The van der Waals surface area contributed by atoms with Crippen molar-refractivity contribution in [2.45, 2.75) is 30.8 Å². The molecule has 1 atom stereocenters. The molecule has 0 amide bonds. The lowest BCUT2D eigenvalue weighted by molar-refractivity contribution is -0.141. The van der Waals surface area contributed by atoms with Gasteiger partial charge >= 0.3 is 5.97 Å². The first-order valence-electron chi connectivity index (χ1n) is 9.37. The maximum absolute atomic E-state index is 13.0. The van der Waals surface area contributed by atoms with Crippen LogP contribution in [0.15, 0.2) is 59.5 Å². The van der Waals surface area contributed by atoms with E-state index in [1.54, 1.807) is 35.4 Å². The van der Waals surface area contributed by atoms with E-state index in [4.69, 9.17) is 0 Å². The van der Waals surface area contributed by atoms with E-state index in [0.717, 1.165) is 21.6 Å². The summed E-state index contributed by atoms with van der Waals surface area (Å²) in [5.74, 6) is -0.997. The number of fused-ring (bicyclic) bond motifs is 1. The van der Waals surface area contributed by atoms with Gasteiger partial charge in [-0.2, -0.15) is 0 Å². The molecule has 29 heavy (non-hydrogen) atoms. The molecule has 0 fully saturated rings. The molecule has 6 heteroatoms. The third-order valence-electron chi connectivity index (χ3n) is 4.84. The van der Waals surface area contributed by atoms with Crippen LogP contribution in [0.3, 0.4) is 0 Å². The lowest BCUT2D eigenvalue weighted by atomic mass is 10.1. The Morgan fingerprint density at radius 2 is 1.76 bits per heavy atom. The number of hydrogen-bond acceptors (Lipinski definition) is 4. The van der Waals surface area contributed by atoms with Gasteiger partial charge < -0.3 is 5.11 Å². The fourth-order valence-electron chi connectivity index (χ4n) is 3.24. The molecular weight excluding hydrogens is 405 g/mol. The molecule has 0 bridgehead atoms. The van der Waals surface area contributed by atoms with Gasteiger partial charge in [0.25, 0.3) is 0 Å². The van der Waals surface area contributed by atoms with E-state index in [0.29, 0.717) is 13.0 Å². The van der Waals surface area contributed by atoms with Crippen LogP contribution in [-0.2, 0) is 11.3 Å². The smallest absolute Gasteiger partial charge is 0.321 e. The van der Waals surface area contributed by atoms with Crippen molar-refractivity contribution in [3.8, 4) is 10.4 Å². The quantitative estimate of drug-likeness (QED) is 0.366. The van der Waals surface area contributed by atoms with Gasteiger partial charge in [0.05, 0.1) is 0 Å². The maximum atomic E-state index is 13.0. The van der Waals surface area contributed by atoms with Gasteiger partial charge in [-0.25, -0.2) is 8.70 Å². The van der Waals surface area contributed by atoms with Crippen LogP contribution >= 0.6 is 23.3 Å². The zero-order chi connectivity index (χ0) is 20.4. The first-order chi connectivity index (χ1) is 14.0. The van der Waals surface area contributed by atoms with E-state index in [-0.39, 0.29) is 5.82 Å². The first kappa shape index (κ1) is 19.9. The molecule has 3 aromatic rings. The largest absolute Gasteiger partial charge is 0.480 e. The average Bonchev–Trinajstić information content (AvgIpc) is 3.27. The number of halogens is 1. The number of nitrogens with zero attached hydrogens (tertiary/aromatic N) is 1. The van der Waals surface area contributed by atoms with E-state index >= 15 is 0 Å². The Bertz CT molecular complexity index is 1020. The second-order valence-corrected chi connectivity index (χ2v) is 9.06. The number of carboxylic acids is 1. The Hall–Kier alpha value is -2.41. The van der Waals surface area contributed by atoms with Crippen molar-refractivity contribution in [2.24, 2.45) is 0 Å². The van der Waals surface area contributed by atoms with Crippen molar-refractivity contribution in [3.05, 3.63) is 76.4 Å². The number of rotatable bonds is 6. The first-order valence-corrected chi connectivity index (χ1v) is 11.0. The highest BCUT2D eigenvalue weighted by Crippen LogP contribution is 2.45. The zero-order valence-electron chi connectivity index (χ0n) is 15.8. The Morgan fingerprint density at radius 1 is 1.14 bits per heavy atom. The molecule has 0 aliphatic carbocycles. The molecule has 1 aliphatic heterocycles. The second kappa shape index (κ2) is 8.53. The zero-order valence-corrected chi connectivity index (χ0v) is 17.5. The summed E-state index contributed by atoms with van der Waals surface area (Å²) in [7, 11) is 0. The Morgan fingerprint density at radius 3 is 2.31 bits per heavy atom. The normalized spacial score (nSPS) is 15.0. The summed E-state index contributed by atoms with van der Waals surface area (Å²) in [5.41, 5.74) is 3.19. The fraction of sp³-hybridized carbons (Fsp3) is 0.174. The van der Waals surface area contributed by atoms with Gasteiger partial charge in [0.15, 0.2) is 0 Å². The van der Waals surface area contributed by atoms with Crippen molar-refractivity contribution < 1.29 is 14.3 Å². The van der Waals surface area contributed by atoms with E-state index < -0.39 is 12.0 Å². The number of carbonyl (C=O) groups is 1. The monoisotopic (exact) mass is 425 g/mol. The van der Waals surface area contributed by atoms with Crippen LogP contribution in [-0.4, -0.2) is 21.4 Å². The second-order valence-electron chi connectivity index (χ2n) is 6.83. The fourth-order valence-corrected chi connectivity index (χ4v) is 5.84. The van der Waals surface area contributed by atoms with Gasteiger partial charge in [-0.15, -0.1) is 11.3 Å². The van der Waals surface area contributed by atoms with Gasteiger partial charge in [0.1, 0.15) is 11.9 Å². The molecule has 0 saturated carbocycles. The summed E-state index contributed by atoms with van der Waals surface area (Å²) in [6.07, 6.45) is 4.57. The Kier molecular flexibility index (Phi) is 5.85. The number of benzene rings is 2. The molecule has 0 spiro atoms. The molecule has 1 aromatic heterocycles. The maximum Gasteiger partial charge on any atom is 0.321 e. The van der Waals surface area contributed by atoms with Crippen LogP contribution in [0.25, 0.3) is 22.6 Å². The summed E-state index contributed by atoms with van der Waals surface area (Å²) >= 11 is 3.27. The van der Waals surface area contributed by atoms with E-state index in [9.17, 15) is 14.3 Å². The van der Waals surface area contributed by atoms with E-state index in [2.05, 4.69) is 30.3 Å². The highest BCUT2D eigenvalue weighted by molar-refractivity contribution is 7.97. The van der Waals surface area contributed by atoms with Gasteiger partial charge in [0.2, 0.25) is 0 Å². The summed E-state index contributed by atoms with van der Waals surface area (Å²) < 4.78 is 14.9. The van der Waals surface area contributed by atoms with Crippen LogP contribution < -0.4 is 0 Å². The molecule has 3 nitrogen and oxygen atoms in total. The molecule has 0 radical (unpaired) electrons. The van der Waals surface area contributed by atoms with Crippen LogP contribution in [0.1, 0.15) is 29.3 Å². The van der Waals surface area contributed by atoms with Gasteiger partial charge in [0, 0.05) is 21.2 Å². The summed E-state index contributed by atoms with van der Waals surface area (Å²) in [6, 6.07) is 16.4. The lowest BCUT2D eigenvalue weighted by Gasteiger charge is -2.20. The molecule has 1 N–H and O–H groups in total. The van der Waals surface area contributed by atoms with Crippen LogP contribution in [0.2, 0.25) is 0 Å². The van der Waals surface area contributed by atoms with E-state index in [1.165, 1.54) is 21.9 Å². The summed E-state index contributed by atoms with van der Waals surface area (Å²) in [6.45, 7) is 2.58. The average molecular weight is 426 g/mol. The van der Waals surface area contributed by atoms with Gasteiger partial charge in [-0.1, -0.05) is 55.5 Å². The summed E-state index contributed by atoms with van der Waals surface area (Å²) in [5, 5.41) is 9.36. The topological polar surface area (TPSA) is 40.5 Å². The highest BCUT2D eigenvalue weighted by Gasteiger charge is 2.32. The predicted molar refractivity (Wildman–Crippen MR) is 118 cm³/mol. The third-order valence-corrected chi connectivity index (χ3v) is 7.32. The van der Waals surface area contributed by atoms with Crippen molar-refractivity contribution in [2.75, 3.05) is 0 Å². The molecule has 2 heterocycles. The van der Waals surface area contributed by atoms with Crippen molar-refractivity contribution in [1.82, 2.24) is 4.31 Å². The van der Waals surface area contributed by atoms with Crippen molar-refractivity contribution in [1.29, 1.82) is 0 Å². The van der Waals surface area contributed by atoms with Crippen molar-refractivity contribution >= 4 is 41.4 Å². The molecular formula is C23H20FNO2S2. The molecule has 1 unspecified atom stereocenters. The lowest BCUT2D eigenvalue weighted by Crippen LogP contribution is -2.33. The minimum Gasteiger partial charge on any atom is -0.480 e. The molecule has 1 aliphatic rings. The number of carboxylic acid groups (broad SMARTS) is 1. The molecule has 0 saturated heterocycles. The number of hydrogen-bond donors (Lipinski definition) is 1. The van der Waals surface area contributed by atoms with Gasteiger partial charge in [-0.3, -0.25) is 4.79 Å². The summed E-state index contributed by atoms with van der Waals surface area (Å²) in [4.78, 5) is 15.0. The molecule has 148 valence electrons. The third kappa shape index (κ3) is 4.45. The minimum absolute atomic E-state index is 0.233. The van der Waals surface area contributed by atoms with E-state index in [1.807, 2.05) is 23.4 Å². The van der Waals surface area contributed by atoms with Crippen LogP contribution in [0, 0.1) is 5.82 Å². The highest BCUT2D eigenvalue weighted by atomic mass is 32.2. The standard InChI is InChI=1S/C23H20FNO2S2/c1-2-19(23(26)27)25-14-22-21(29-25)13-20(28-22)17-9-5-15(6-10-17)3-4-16-7-11-18(24)12-8-16/h3-13,19H,2,14H2,1H3,(H,26,27)/b4-3+. The SMILES string of the molecule is CCC(C(=O)O)N1Cc2sc(-c3ccc(/C=C/c4ccc(F)cc4)cc3)cc2S1. The van der Waals surface area contributed by atoms with Crippen LogP contribution in [0.5, 0.6) is 0 Å². The Labute approximate surface area is 177 Å². The van der Waals surface area contributed by atoms with Crippen molar-refractivity contribution in [3.63, 3.8) is 0 Å². The predicted octanol–water partition coefficient (Wildman–Crippen LogP) is 6.41. The minimum atomic E-state index is -0.764. The van der Waals surface area contributed by atoms with Gasteiger partial charge in [-0.05, 0) is 53.3 Å². The Balaban J connectivity index is 1.45. The molecule has 4 rings (SSSR count). The molecule has 2 aromatic carbocycles. The number of aliphatic carboxylic acids is 1.